The second-order valence-corrected chi connectivity index (χ2v) is 3.74. The highest BCUT2D eigenvalue weighted by Crippen LogP contribution is 2.25. The summed E-state index contributed by atoms with van der Waals surface area (Å²) in [4.78, 5) is 10.9. The summed E-state index contributed by atoms with van der Waals surface area (Å²) in [6, 6.07) is 6.71. The third-order valence-electron chi connectivity index (χ3n) is 2.48. The number of para-hydroxylation sites is 2. The first-order chi connectivity index (χ1) is 8.69. The molecule has 0 bridgehead atoms. The number of carbonyl (C=O) groups is 1. The molecule has 0 radical (unpaired) electrons. The van der Waals surface area contributed by atoms with Crippen LogP contribution in [-0.4, -0.2) is 37.4 Å². The van der Waals surface area contributed by atoms with Gasteiger partial charge in [-0.15, -0.1) is 0 Å². The normalized spacial score (nSPS) is 11.9. The molecule has 100 valence electrons. The minimum atomic E-state index is -0.861. The maximum Gasteiger partial charge on any atom is 0.320 e. The zero-order valence-corrected chi connectivity index (χ0v) is 10.7. The molecular formula is C13H19NO4. The fraction of sp³-hybridized carbons (Fsp3) is 0.462. The van der Waals surface area contributed by atoms with Gasteiger partial charge in [-0.05, 0) is 18.7 Å². The molecule has 0 amide bonds. The first-order valence-electron chi connectivity index (χ1n) is 5.91. The Morgan fingerprint density at radius 2 is 2.06 bits per heavy atom. The Labute approximate surface area is 107 Å². The highest BCUT2D eigenvalue weighted by Gasteiger charge is 2.15. The van der Waals surface area contributed by atoms with Crippen LogP contribution in [0.4, 0.5) is 0 Å². The minimum absolute atomic E-state index is 0.324. The second kappa shape index (κ2) is 7.55. The van der Waals surface area contributed by atoms with Crippen molar-refractivity contribution in [2.75, 3.05) is 20.3 Å². The molecule has 0 saturated heterocycles. The molecule has 0 spiro atoms. The van der Waals surface area contributed by atoms with Crippen LogP contribution >= 0.6 is 0 Å². The van der Waals surface area contributed by atoms with Crippen LogP contribution in [0.25, 0.3) is 0 Å². The summed E-state index contributed by atoms with van der Waals surface area (Å²) in [5, 5.41) is 11.8. The Morgan fingerprint density at radius 1 is 1.39 bits per heavy atom. The van der Waals surface area contributed by atoms with Gasteiger partial charge in [0, 0.05) is 6.42 Å². The van der Waals surface area contributed by atoms with E-state index in [1.807, 2.05) is 19.1 Å². The monoisotopic (exact) mass is 253 g/mol. The molecule has 2 N–H and O–H groups in total. The summed E-state index contributed by atoms with van der Waals surface area (Å²) in [6.45, 7) is 2.81. The van der Waals surface area contributed by atoms with Gasteiger partial charge in [0.1, 0.15) is 6.04 Å². The predicted octanol–water partition coefficient (Wildman–Crippen LogP) is 1.53. The van der Waals surface area contributed by atoms with Gasteiger partial charge in [0.05, 0.1) is 13.7 Å². The Hall–Kier alpha value is -1.75. The van der Waals surface area contributed by atoms with Crippen LogP contribution < -0.4 is 14.8 Å². The van der Waals surface area contributed by atoms with Gasteiger partial charge in [0.15, 0.2) is 11.5 Å². The zero-order valence-electron chi connectivity index (χ0n) is 10.7. The van der Waals surface area contributed by atoms with Gasteiger partial charge in [-0.3, -0.25) is 4.79 Å². The Bertz CT molecular complexity index is 381. The quantitative estimate of drug-likeness (QED) is 0.735. The lowest BCUT2D eigenvalue weighted by Gasteiger charge is -2.14. The van der Waals surface area contributed by atoms with Crippen molar-refractivity contribution in [1.82, 2.24) is 5.32 Å². The van der Waals surface area contributed by atoms with Crippen molar-refractivity contribution in [2.45, 2.75) is 19.4 Å². The molecule has 0 fully saturated rings. The Balaban J connectivity index is 2.47. The van der Waals surface area contributed by atoms with Gasteiger partial charge in [-0.25, -0.2) is 0 Å². The molecule has 0 aliphatic carbocycles. The number of carboxylic acids is 1. The van der Waals surface area contributed by atoms with E-state index in [0.29, 0.717) is 31.1 Å². The van der Waals surface area contributed by atoms with Gasteiger partial charge in [0.25, 0.3) is 0 Å². The molecule has 5 heteroatoms. The molecule has 5 nitrogen and oxygen atoms in total. The number of carboxylic acid groups (broad SMARTS) is 1. The number of hydrogen-bond acceptors (Lipinski definition) is 4. The van der Waals surface area contributed by atoms with Gasteiger partial charge >= 0.3 is 5.97 Å². The van der Waals surface area contributed by atoms with Crippen LogP contribution in [-0.2, 0) is 4.79 Å². The van der Waals surface area contributed by atoms with Gasteiger partial charge < -0.3 is 19.9 Å². The Kier molecular flexibility index (Phi) is 6.00. The van der Waals surface area contributed by atoms with E-state index < -0.39 is 12.0 Å². The number of rotatable bonds is 8. The summed E-state index contributed by atoms with van der Waals surface area (Å²) in [5.41, 5.74) is 0. The molecule has 0 aliphatic rings. The molecule has 0 aromatic heterocycles. The van der Waals surface area contributed by atoms with Crippen LogP contribution in [0.2, 0.25) is 0 Å². The number of ether oxygens (including phenoxy) is 2. The molecule has 0 heterocycles. The zero-order chi connectivity index (χ0) is 13.4. The summed E-state index contributed by atoms with van der Waals surface area (Å²) in [6.07, 6.45) is 0.404. The third-order valence-corrected chi connectivity index (χ3v) is 2.48. The van der Waals surface area contributed by atoms with Crippen molar-refractivity contribution < 1.29 is 19.4 Å². The number of nitrogens with one attached hydrogen (secondary N) is 1. The van der Waals surface area contributed by atoms with Crippen LogP contribution in [0.3, 0.4) is 0 Å². The average Bonchev–Trinajstić information content (AvgIpc) is 2.38. The van der Waals surface area contributed by atoms with Gasteiger partial charge in [-0.1, -0.05) is 19.1 Å². The van der Waals surface area contributed by atoms with Gasteiger partial charge in [0.2, 0.25) is 0 Å². The summed E-state index contributed by atoms with van der Waals surface area (Å²) in [7, 11) is 1.57. The van der Waals surface area contributed by atoms with Crippen LogP contribution in [0.15, 0.2) is 24.3 Å². The van der Waals surface area contributed by atoms with E-state index >= 15 is 0 Å². The van der Waals surface area contributed by atoms with Crippen molar-refractivity contribution in [3.63, 3.8) is 0 Å². The smallest absolute Gasteiger partial charge is 0.320 e. The van der Waals surface area contributed by atoms with E-state index in [-0.39, 0.29) is 0 Å². The summed E-state index contributed by atoms with van der Waals surface area (Å²) < 4.78 is 10.7. The third kappa shape index (κ3) is 4.25. The highest BCUT2D eigenvalue weighted by molar-refractivity contribution is 5.73. The number of methoxy groups -OCH3 is 1. The highest BCUT2D eigenvalue weighted by atomic mass is 16.5. The van der Waals surface area contributed by atoms with Gasteiger partial charge in [-0.2, -0.15) is 0 Å². The maximum atomic E-state index is 10.9. The molecule has 1 rings (SSSR count). The molecule has 1 aromatic carbocycles. The van der Waals surface area contributed by atoms with Crippen molar-refractivity contribution in [3.05, 3.63) is 24.3 Å². The molecule has 0 saturated carbocycles. The van der Waals surface area contributed by atoms with Crippen LogP contribution in [0.1, 0.15) is 13.3 Å². The van der Waals surface area contributed by atoms with Crippen molar-refractivity contribution in [3.8, 4) is 11.5 Å². The van der Waals surface area contributed by atoms with Crippen molar-refractivity contribution in [2.24, 2.45) is 0 Å². The van der Waals surface area contributed by atoms with E-state index in [2.05, 4.69) is 5.32 Å². The lowest BCUT2D eigenvalue weighted by atomic mass is 10.2. The lowest BCUT2D eigenvalue weighted by Crippen LogP contribution is -2.37. The number of hydrogen-bond donors (Lipinski definition) is 2. The van der Waals surface area contributed by atoms with Crippen molar-refractivity contribution >= 4 is 5.97 Å². The first kappa shape index (κ1) is 14.3. The van der Waals surface area contributed by atoms with Crippen molar-refractivity contribution in [1.29, 1.82) is 0 Å². The fourth-order valence-electron chi connectivity index (χ4n) is 1.58. The molecule has 1 unspecified atom stereocenters. The maximum absolute atomic E-state index is 10.9. The van der Waals surface area contributed by atoms with E-state index in [1.165, 1.54) is 0 Å². The molecule has 1 aromatic rings. The van der Waals surface area contributed by atoms with Crippen LogP contribution in [0.5, 0.6) is 11.5 Å². The lowest BCUT2D eigenvalue weighted by molar-refractivity contribution is -0.139. The first-order valence-corrected chi connectivity index (χ1v) is 5.91. The van der Waals surface area contributed by atoms with E-state index in [0.717, 1.165) is 0 Å². The molecule has 18 heavy (non-hydrogen) atoms. The standard InChI is InChI=1S/C13H19NO4/c1-3-14-10(13(15)16)8-9-18-12-7-5-4-6-11(12)17-2/h4-7,10,14H,3,8-9H2,1-2H3,(H,15,16). The molecule has 1 atom stereocenters. The number of likely N-dealkylation sites (N-methyl/N-ethyl adjacent to an activating group) is 1. The summed E-state index contributed by atoms with van der Waals surface area (Å²) in [5.74, 6) is 0.411. The number of aliphatic carboxylic acids is 1. The molecule has 0 aliphatic heterocycles. The predicted molar refractivity (Wildman–Crippen MR) is 68.2 cm³/mol. The summed E-state index contributed by atoms with van der Waals surface area (Å²) >= 11 is 0. The molecular weight excluding hydrogens is 234 g/mol. The largest absolute Gasteiger partial charge is 0.493 e. The minimum Gasteiger partial charge on any atom is -0.493 e. The van der Waals surface area contributed by atoms with E-state index in [1.54, 1.807) is 19.2 Å². The average molecular weight is 253 g/mol. The van der Waals surface area contributed by atoms with E-state index in [9.17, 15) is 4.79 Å². The SMILES string of the molecule is CCNC(CCOc1ccccc1OC)C(=O)O. The van der Waals surface area contributed by atoms with Crippen LogP contribution in [0, 0.1) is 0 Å². The fourth-order valence-corrected chi connectivity index (χ4v) is 1.58. The second-order valence-electron chi connectivity index (χ2n) is 3.74. The topological polar surface area (TPSA) is 67.8 Å². The van der Waals surface area contributed by atoms with E-state index in [4.69, 9.17) is 14.6 Å². The number of benzene rings is 1. The Morgan fingerprint density at radius 3 is 2.61 bits per heavy atom.